The van der Waals surface area contributed by atoms with Crippen LogP contribution in [0, 0.1) is 6.92 Å². The molecule has 1 aromatic heterocycles. The van der Waals surface area contributed by atoms with Gasteiger partial charge in [-0.2, -0.15) is 0 Å². The molecule has 2 heterocycles. The molecule has 0 unspecified atom stereocenters. The van der Waals surface area contributed by atoms with Crippen molar-refractivity contribution < 1.29 is 4.57 Å². The van der Waals surface area contributed by atoms with E-state index in [9.17, 15) is 0 Å². The van der Waals surface area contributed by atoms with E-state index in [2.05, 4.69) is 84.4 Å². The maximum absolute atomic E-state index is 4.90. The molecule has 0 saturated heterocycles. The van der Waals surface area contributed by atoms with Gasteiger partial charge >= 0.3 is 5.82 Å². The quantitative estimate of drug-likeness (QED) is 0.668. The molecule has 1 aliphatic rings. The summed E-state index contributed by atoms with van der Waals surface area (Å²) >= 11 is 0. The number of fused-ring (bicyclic) bond motifs is 1. The molecule has 1 aliphatic heterocycles. The van der Waals surface area contributed by atoms with Crippen molar-refractivity contribution in [2.75, 3.05) is 11.4 Å². The van der Waals surface area contributed by atoms with Gasteiger partial charge in [-0.25, -0.2) is 4.57 Å². The van der Waals surface area contributed by atoms with Gasteiger partial charge in [-0.15, -0.1) is 0 Å². The lowest BCUT2D eigenvalue weighted by Gasteiger charge is -2.23. The zero-order valence-corrected chi connectivity index (χ0v) is 14.0. The van der Waals surface area contributed by atoms with Gasteiger partial charge in [0.25, 0.3) is 0 Å². The lowest BCUT2D eigenvalue weighted by molar-refractivity contribution is -0.661. The van der Waals surface area contributed by atoms with Crippen LogP contribution in [0.25, 0.3) is 22.3 Å². The van der Waals surface area contributed by atoms with Crippen LogP contribution in [-0.4, -0.2) is 11.5 Å². The van der Waals surface area contributed by atoms with E-state index in [0.29, 0.717) is 0 Å². The first kappa shape index (κ1) is 14.6. The topological polar surface area (TPSA) is 20.0 Å². The van der Waals surface area contributed by atoms with Gasteiger partial charge in [0.05, 0.1) is 18.0 Å². The number of anilines is 1. The number of allylic oxidation sites excluding steroid dienone is 2. The molecular weight excluding hydrogens is 294 g/mol. The smallest absolute Gasteiger partial charge is 0.331 e. The summed E-state index contributed by atoms with van der Waals surface area (Å²) < 4.78 is 2.11. The first-order valence-electron chi connectivity index (χ1n) is 8.19. The third-order valence-electron chi connectivity index (χ3n) is 4.50. The molecule has 4 rings (SSSR count). The van der Waals surface area contributed by atoms with Crippen LogP contribution < -0.4 is 9.47 Å². The second kappa shape index (κ2) is 5.93. The average molecular weight is 314 g/mol. The molecule has 3 nitrogen and oxygen atoms in total. The standard InChI is InChI=1S/C21H20N3/c1-16-18(10-8-12-20(16)24-13-6-3-7-14-24)21-22-19-11-5-4-9-17(19)15-23(21)2/h3-13,15H,14H2,1-2H3/q+1. The highest BCUT2D eigenvalue weighted by atomic mass is 15.1. The third kappa shape index (κ3) is 2.48. The SMILES string of the molecule is Cc1c(-c2nc3ccccc3c[n+]2C)cccc1N1C=CC=CC1. The first-order valence-corrected chi connectivity index (χ1v) is 8.19. The molecule has 0 amide bonds. The molecule has 0 atom stereocenters. The van der Waals surface area contributed by atoms with Crippen molar-refractivity contribution in [3.8, 4) is 11.4 Å². The summed E-state index contributed by atoms with van der Waals surface area (Å²) in [5.74, 6) is 0.990. The van der Waals surface area contributed by atoms with Crippen molar-refractivity contribution in [3.63, 3.8) is 0 Å². The zero-order valence-electron chi connectivity index (χ0n) is 14.0. The second-order valence-electron chi connectivity index (χ2n) is 6.11. The van der Waals surface area contributed by atoms with Gasteiger partial charge < -0.3 is 4.90 Å². The van der Waals surface area contributed by atoms with Crippen LogP contribution in [-0.2, 0) is 7.05 Å². The molecule has 2 aromatic carbocycles. The van der Waals surface area contributed by atoms with E-state index < -0.39 is 0 Å². The van der Waals surface area contributed by atoms with Crippen molar-refractivity contribution in [1.82, 2.24) is 4.98 Å². The molecular formula is C21H20N3+. The number of hydrogen-bond acceptors (Lipinski definition) is 2. The van der Waals surface area contributed by atoms with Gasteiger partial charge in [0.15, 0.2) is 5.52 Å². The Hall–Kier alpha value is -2.94. The minimum Gasteiger partial charge on any atom is -0.344 e. The fourth-order valence-electron chi connectivity index (χ4n) is 3.23. The van der Waals surface area contributed by atoms with Gasteiger partial charge in [-0.05, 0) is 47.8 Å². The summed E-state index contributed by atoms with van der Waals surface area (Å²) in [7, 11) is 2.06. The maximum atomic E-state index is 4.90. The van der Waals surface area contributed by atoms with E-state index in [0.717, 1.165) is 23.3 Å². The van der Waals surface area contributed by atoms with Crippen LogP contribution in [0.2, 0.25) is 0 Å². The Labute approximate surface area is 142 Å². The van der Waals surface area contributed by atoms with Crippen molar-refractivity contribution in [3.05, 3.63) is 78.7 Å². The van der Waals surface area contributed by atoms with Crippen molar-refractivity contribution in [2.45, 2.75) is 6.92 Å². The Balaban J connectivity index is 1.86. The Kier molecular flexibility index (Phi) is 3.62. The molecule has 0 spiro atoms. The number of para-hydroxylation sites is 1. The van der Waals surface area contributed by atoms with Crippen molar-refractivity contribution in [1.29, 1.82) is 0 Å². The Morgan fingerprint density at radius 1 is 1.04 bits per heavy atom. The average Bonchev–Trinajstić information content (AvgIpc) is 2.62. The fourth-order valence-corrected chi connectivity index (χ4v) is 3.23. The Morgan fingerprint density at radius 3 is 2.75 bits per heavy atom. The molecule has 0 radical (unpaired) electrons. The van der Waals surface area contributed by atoms with Crippen LogP contribution in [0.15, 0.2) is 73.1 Å². The number of hydrogen-bond donors (Lipinski definition) is 0. The van der Waals surface area contributed by atoms with E-state index in [1.54, 1.807) is 0 Å². The van der Waals surface area contributed by atoms with Crippen molar-refractivity contribution >= 4 is 16.6 Å². The highest BCUT2D eigenvalue weighted by Gasteiger charge is 2.20. The summed E-state index contributed by atoms with van der Waals surface area (Å²) in [6.45, 7) is 3.08. The van der Waals surface area contributed by atoms with Crippen LogP contribution in [0.1, 0.15) is 5.56 Å². The van der Waals surface area contributed by atoms with E-state index in [4.69, 9.17) is 4.98 Å². The minimum atomic E-state index is 0.901. The third-order valence-corrected chi connectivity index (χ3v) is 4.50. The van der Waals surface area contributed by atoms with E-state index >= 15 is 0 Å². The summed E-state index contributed by atoms with van der Waals surface area (Å²) in [5.41, 5.74) is 4.67. The molecule has 0 N–H and O–H groups in total. The second-order valence-corrected chi connectivity index (χ2v) is 6.11. The fraction of sp³-hybridized carbons (Fsp3) is 0.143. The van der Waals surface area contributed by atoms with Gasteiger partial charge in [-0.3, -0.25) is 0 Å². The van der Waals surface area contributed by atoms with E-state index in [1.165, 1.54) is 16.8 Å². The lowest BCUT2D eigenvalue weighted by Crippen LogP contribution is -2.32. The van der Waals surface area contributed by atoms with Crippen LogP contribution in [0.5, 0.6) is 0 Å². The van der Waals surface area contributed by atoms with Crippen LogP contribution >= 0.6 is 0 Å². The molecule has 118 valence electrons. The number of aryl methyl sites for hydroxylation is 1. The van der Waals surface area contributed by atoms with Gasteiger partial charge in [0.2, 0.25) is 0 Å². The normalized spacial score (nSPS) is 13.7. The summed E-state index contributed by atoms with van der Waals surface area (Å²) in [4.78, 5) is 7.17. The Morgan fingerprint density at radius 2 is 1.92 bits per heavy atom. The number of rotatable bonds is 2. The van der Waals surface area contributed by atoms with Gasteiger partial charge in [0, 0.05) is 18.4 Å². The van der Waals surface area contributed by atoms with Gasteiger partial charge in [-0.1, -0.05) is 30.4 Å². The maximum Gasteiger partial charge on any atom is 0.331 e. The number of aromatic nitrogens is 2. The molecule has 0 bridgehead atoms. The van der Waals surface area contributed by atoms with Gasteiger partial charge in [0.1, 0.15) is 6.20 Å². The molecule has 3 heteroatoms. The zero-order chi connectivity index (χ0) is 16.5. The summed E-state index contributed by atoms with van der Waals surface area (Å²) in [5, 5.41) is 1.15. The highest BCUT2D eigenvalue weighted by molar-refractivity contribution is 5.79. The van der Waals surface area contributed by atoms with E-state index in [-0.39, 0.29) is 0 Å². The first-order chi connectivity index (χ1) is 11.7. The van der Waals surface area contributed by atoms with Crippen LogP contribution in [0.3, 0.4) is 0 Å². The predicted octanol–water partition coefficient (Wildman–Crippen LogP) is 3.92. The van der Waals surface area contributed by atoms with Crippen molar-refractivity contribution in [2.24, 2.45) is 7.05 Å². The highest BCUT2D eigenvalue weighted by Crippen LogP contribution is 2.29. The lowest BCUT2D eigenvalue weighted by atomic mass is 10.0. The van der Waals surface area contributed by atoms with Crippen LogP contribution in [0.4, 0.5) is 5.69 Å². The molecule has 0 aliphatic carbocycles. The summed E-state index contributed by atoms with van der Waals surface area (Å²) in [6.07, 6.45) is 10.6. The molecule has 24 heavy (non-hydrogen) atoms. The monoisotopic (exact) mass is 314 g/mol. The molecule has 0 fully saturated rings. The summed E-state index contributed by atoms with van der Waals surface area (Å²) in [6, 6.07) is 14.7. The Bertz CT molecular complexity index is 970. The van der Waals surface area contributed by atoms with E-state index in [1.807, 2.05) is 12.1 Å². The number of benzene rings is 2. The molecule has 0 saturated carbocycles. The minimum absolute atomic E-state index is 0.901. The number of nitrogens with zero attached hydrogens (tertiary/aromatic N) is 3. The molecule has 3 aromatic rings. The largest absolute Gasteiger partial charge is 0.344 e. The predicted molar refractivity (Wildman–Crippen MR) is 98.7 cm³/mol.